The zero-order valence-corrected chi connectivity index (χ0v) is 7.98. The maximum absolute atomic E-state index is 12.4. The van der Waals surface area contributed by atoms with Gasteiger partial charge in [-0.05, 0) is 0 Å². The third-order valence-corrected chi connectivity index (χ3v) is 1.71. The van der Waals surface area contributed by atoms with Crippen molar-refractivity contribution in [2.45, 2.75) is 6.43 Å². The summed E-state index contributed by atoms with van der Waals surface area (Å²) in [6.45, 7) is 0. The predicted octanol–water partition coefficient (Wildman–Crippen LogP) is 1.81. The van der Waals surface area contributed by atoms with E-state index in [0.29, 0.717) is 6.07 Å². The van der Waals surface area contributed by atoms with E-state index in [4.69, 9.17) is 5.26 Å². The number of nitriles is 1. The molecule has 0 aliphatic heterocycles. The zero-order chi connectivity index (χ0) is 12.3. The minimum absolute atomic E-state index is 0.265. The normalized spacial score (nSPS) is 9.94. The zero-order valence-electron chi connectivity index (χ0n) is 7.98. The van der Waals surface area contributed by atoms with Crippen LogP contribution in [0, 0.1) is 21.4 Å². The molecule has 1 rings (SSSR count). The number of nitrogens with zero attached hydrogens (tertiary/aromatic N) is 3. The lowest BCUT2D eigenvalue weighted by atomic mass is 10.2. The lowest BCUT2D eigenvalue weighted by Crippen LogP contribution is -2.03. The van der Waals surface area contributed by atoms with Crippen molar-refractivity contribution in [3.05, 3.63) is 27.4 Å². The molecular formula is C8H5F2N3O3. The Labute approximate surface area is 88.2 Å². The Morgan fingerprint density at radius 2 is 2.31 bits per heavy atom. The number of hydrogen-bond donors (Lipinski definition) is 0. The number of alkyl halides is 2. The summed E-state index contributed by atoms with van der Waals surface area (Å²) in [5.41, 5.74) is -2.17. The number of hydrogen-bond acceptors (Lipinski definition) is 5. The molecule has 16 heavy (non-hydrogen) atoms. The molecule has 0 saturated heterocycles. The first-order valence-corrected chi connectivity index (χ1v) is 3.92. The largest absolute Gasteiger partial charge is 0.480 e. The Kier molecular flexibility index (Phi) is 3.30. The highest BCUT2D eigenvalue weighted by molar-refractivity contribution is 5.49. The highest BCUT2D eigenvalue weighted by Gasteiger charge is 2.26. The van der Waals surface area contributed by atoms with Crippen molar-refractivity contribution >= 4 is 5.69 Å². The van der Waals surface area contributed by atoms with Crippen LogP contribution in [-0.2, 0) is 0 Å². The van der Waals surface area contributed by atoms with Crippen LogP contribution in [0.4, 0.5) is 14.5 Å². The van der Waals surface area contributed by atoms with Crippen molar-refractivity contribution in [1.82, 2.24) is 4.98 Å². The molecule has 0 amide bonds. The van der Waals surface area contributed by atoms with Gasteiger partial charge in [-0.15, -0.1) is 0 Å². The van der Waals surface area contributed by atoms with Gasteiger partial charge in [0.15, 0.2) is 5.69 Å². The summed E-state index contributed by atoms with van der Waals surface area (Å²) in [5.74, 6) is -0.358. The van der Waals surface area contributed by atoms with Gasteiger partial charge in [-0.2, -0.15) is 5.26 Å². The number of rotatable bonds is 3. The average molecular weight is 229 g/mol. The minimum atomic E-state index is -3.11. The van der Waals surface area contributed by atoms with Gasteiger partial charge in [0.25, 0.3) is 12.1 Å². The summed E-state index contributed by atoms with van der Waals surface area (Å²) in [6.07, 6.45) is -3.11. The highest BCUT2D eigenvalue weighted by atomic mass is 19.3. The molecule has 0 N–H and O–H groups in total. The number of ether oxygens (including phenoxy) is 1. The fraction of sp³-hybridized carbons (Fsp3) is 0.250. The van der Waals surface area contributed by atoms with Crippen LogP contribution < -0.4 is 4.74 Å². The van der Waals surface area contributed by atoms with Gasteiger partial charge in [-0.3, -0.25) is 10.1 Å². The SMILES string of the molecule is COc1nc(C(F)F)c([N+](=O)[O-])cc1C#N. The van der Waals surface area contributed by atoms with Crippen molar-refractivity contribution in [1.29, 1.82) is 5.26 Å². The molecule has 0 aliphatic rings. The van der Waals surface area contributed by atoms with Crippen LogP contribution in [0.15, 0.2) is 6.07 Å². The molecule has 0 atom stereocenters. The molecule has 1 aromatic heterocycles. The van der Waals surface area contributed by atoms with Gasteiger partial charge in [-0.1, -0.05) is 0 Å². The fourth-order valence-electron chi connectivity index (χ4n) is 1.04. The van der Waals surface area contributed by atoms with Gasteiger partial charge in [0.1, 0.15) is 11.6 Å². The van der Waals surface area contributed by atoms with Crippen molar-refractivity contribution in [3.8, 4) is 11.9 Å². The van der Waals surface area contributed by atoms with E-state index in [1.807, 2.05) is 0 Å². The summed E-state index contributed by atoms with van der Waals surface area (Å²) < 4.78 is 29.4. The number of halogens is 2. The molecule has 1 aromatic rings. The number of methoxy groups -OCH3 is 1. The first-order chi connectivity index (χ1) is 7.51. The Morgan fingerprint density at radius 3 is 2.69 bits per heavy atom. The maximum atomic E-state index is 12.4. The summed E-state index contributed by atoms with van der Waals surface area (Å²) in [4.78, 5) is 12.7. The predicted molar refractivity (Wildman–Crippen MR) is 47.1 cm³/mol. The topological polar surface area (TPSA) is 89.1 Å². The maximum Gasteiger partial charge on any atom is 0.298 e. The van der Waals surface area contributed by atoms with Crippen LogP contribution in [0.3, 0.4) is 0 Å². The van der Waals surface area contributed by atoms with Gasteiger partial charge >= 0.3 is 0 Å². The Morgan fingerprint density at radius 1 is 1.69 bits per heavy atom. The third-order valence-electron chi connectivity index (χ3n) is 1.71. The van der Waals surface area contributed by atoms with Crippen molar-refractivity contribution < 1.29 is 18.4 Å². The second-order valence-corrected chi connectivity index (χ2v) is 2.62. The van der Waals surface area contributed by atoms with Gasteiger partial charge in [0.2, 0.25) is 5.88 Å². The Bertz CT molecular complexity index is 470. The molecule has 1 heterocycles. The number of nitro groups is 1. The van der Waals surface area contributed by atoms with Crippen LogP contribution >= 0.6 is 0 Å². The summed E-state index contributed by atoms with van der Waals surface area (Å²) in [5, 5.41) is 19.1. The highest BCUT2D eigenvalue weighted by Crippen LogP contribution is 2.31. The molecule has 0 unspecified atom stereocenters. The Hall–Kier alpha value is -2.30. The Balaban J connectivity index is 3.49. The number of pyridine rings is 1. The molecule has 0 fully saturated rings. The third kappa shape index (κ3) is 2.03. The van der Waals surface area contributed by atoms with E-state index in [1.165, 1.54) is 0 Å². The smallest absolute Gasteiger partial charge is 0.298 e. The summed E-state index contributed by atoms with van der Waals surface area (Å²) in [7, 11) is 1.13. The van der Waals surface area contributed by atoms with E-state index >= 15 is 0 Å². The average Bonchev–Trinajstić information content (AvgIpc) is 2.26. The standard InChI is InChI=1S/C8H5F2N3O3/c1-16-8-4(3-11)2-5(13(14)15)6(12-8)7(9)10/h2,7H,1H3. The van der Waals surface area contributed by atoms with Crippen molar-refractivity contribution in [3.63, 3.8) is 0 Å². The van der Waals surface area contributed by atoms with Crippen LogP contribution in [0.2, 0.25) is 0 Å². The van der Waals surface area contributed by atoms with E-state index < -0.39 is 22.7 Å². The molecule has 0 aliphatic carbocycles. The quantitative estimate of drug-likeness (QED) is 0.582. The molecule has 0 aromatic carbocycles. The van der Waals surface area contributed by atoms with Gasteiger partial charge < -0.3 is 4.74 Å². The van der Waals surface area contributed by atoms with Crippen LogP contribution in [0.1, 0.15) is 17.7 Å². The van der Waals surface area contributed by atoms with Gasteiger partial charge in [0.05, 0.1) is 12.0 Å². The van der Waals surface area contributed by atoms with E-state index in [2.05, 4.69) is 9.72 Å². The van der Waals surface area contributed by atoms with Crippen molar-refractivity contribution in [2.75, 3.05) is 7.11 Å². The van der Waals surface area contributed by atoms with Crippen LogP contribution in [0.25, 0.3) is 0 Å². The van der Waals surface area contributed by atoms with Gasteiger partial charge in [0, 0.05) is 6.07 Å². The summed E-state index contributed by atoms with van der Waals surface area (Å²) >= 11 is 0. The van der Waals surface area contributed by atoms with Crippen molar-refractivity contribution in [2.24, 2.45) is 0 Å². The molecule has 0 saturated carbocycles. The molecule has 6 nitrogen and oxygen atoms in total. The second kappa shape index (κ2) is 4.48. The molecule has 8 heteroatoms. The van der Waals surface area contributed by atoms with E-state index in [0.717, 1.165) is 7.11 Å². The number of aromatic nitrogens is 1. The minimum Gasteiger partial charge on any atom is -0.480 e. The monoisotopic (exact) mass is 229 g/mol. The first kappa shape index (κ1) is 11.8. The van der Waals surface area contributed by atoms with Crippen LogP contribution in [0.5, 0.6) is 5.88 Å². The molecule has 0 spiro atoms. The van der Waals surface area contributed by atoms with E-state index in [-0.39, 0.29) is 11.4 Å². The molecule has 84 valence electrons. The fourth-order valence-corrected chi connectivity index (χ4v) is 1.04. The summed E-state index contributed by atoms with van der Waals surface area (Å²) in [6, 6.07) is 2.29. The molecular weight excluding hydrogens is 224 g/mol. The lowest BCUT2D eigenvalue weighted by Gasteiger charge is -2.05. The van der Waals surface area contributed by atoms with Gasteiger partial charge in [-0.25, -0.2) is 13.8 Å². The molecule has 0 bridgehead atoms. The molecule has 0 radical (unpaired) electrons. The first-order valence-electron chi connectivity index (χ1n) is 3.92. The second-order valence-electron chi connectivity index (χ2n) is 2.62. The van der Waals surface area contributed by atoms with Crippen LogP contribution in [-0.4, -0.2) is 17.0 Å². The lowest BCUT2D eigenvalue weighted by molar-refractivity contribution is -0.386. The van der Waals surface area contributed by atoms with E-state index in [1.54, 1.807) is 6.07 Å². The van der Waals surface area contributed by atoms with E-state index in [9.17, 15) is 18.9 Å².